The first-order valence-corrected chi connectivity index (χ1v) is 7.70. The van der Waals surface area contributed by atoms with Crippen LogP contribution in [0.4, 0.5) is 5.82 Å². The Bertz CT molecular complexity index is 897. The molecule has 3 aromatic rings. The van der Waals surface area contributed by atoms with Gasteiger partial charge in [0.15, 0.2) is 0 Å². The molecule has 1 aromatic carbocycles. The van der Waals surface area contributed by atoms with Crippen molar-refractivity contribution in [2.45, 2.75) is 18.9 Å². The first-order chi connectivity index (χ1) is 11.3. The van der Waals surface area contributed by atoms with Gasteiger partial charge in [0.25, 0.3) is 0 Å². The number of nitrogen functional groups attached to an aromatic ring is 1. The zero-order valence-corrected chi connectivity index (χ0v) is 12.9. The predicted molar refractivity (Wildman–Crippen MR) is 91.3 cm³/mol. The molecule has 5 nitrogen and oxygen atoms in total. The number of hydrogen-bond acceptors (Lipinski definition) is 4. The van der Waals surface area contributed by atoms with Crippen molar-refractivity contribution in [3.8, 4) is 16.9 Å². The highest BCUT2D eigenvalue weighted by atomic mass is 16.5. The van der Waals surface area contributed by atoms with Crippen molar-refractivity contribution < 1.29 is 4.74 Å². The lowest BCUT2D eigenvalue weighted by atomic mass is 10.1. The van der Waals surface area contributed by atoms with Crippen molar-refractivity contribution in [2.75, 3.05) is 12.8 Å². The number of fused-ring (bicyclic) bond motifs is 1. The highest BCUT2D eigenvalue weighted by molar-refractivity contribution is 6.00. The summed E-state index contributed by atoms with van der Waals surface area (Å²) in [6.45, 7) is 0. The third-order valence-corrected chi connectivity index (χ3v) is 4.36. The summed E-state index contributed by atoms with van der Waals surface area (Å²) >= 11 is 0. The summed E-state index contributed by atoms with van der Waals surface area (Å²) in [5, 5.41) is 0.904. The Balaban J connectivity index is 1.97. The van der Waals surface area contributed by atoms with Crippen LogP contribution >= 0.6 is 0 Å². The maximum Gasteiger partial charge on any atom is 0.146 e. The molecule has 1 aliphatic rings. The molecule has 5 heteroatoms. The van der Waals surface area contributed by atoms with E-state index in [1.807, 2.05) is 18.2 Å². The van der Waals surface area contributed by atoms with Crippen LogP contribution in [0.5, 0.6) is 5.75 Å². The second-order valence-corrected chi connectivity index (χ2v) is 5.71. The molecule has 2 N–H and O–H groups in total. The maximum atomic E-state index is 6.16. The molecule has 0 saturated carbocycles. The van der Waals surface area contributed by atoms with Gasteiger partial charge in [-0.3, -0.25) is 0 Å². The number of ether oxygens (including phenoxy) is 1. The van der Waals surface area contributed by atoms with Crippen molar-refractivity contribution in [2.24, 2.45) is 0 Å². The van der Waals surface area contributed by atoms with Crippen LogP contribution in [0.25, 0.3) is 22.2 Å². The molecular weight excluding hydrogens is 288 g/mol. The van der Waals surface area contributed by atoms with E-state index >= 15 is 0 Å². The highest BCUT2D eigenvalue weighted by Crippen LogP contribution is 2.37. The second kappa shape index (κ2) is 5.43. The lowest BCUT2D eigenvalue weighted by Gasteiger charge is -2.10. The maximum absolute atomic E-state index is 6.16. The molecule has 0 spiro atoms. The van der Waals surface area contributed by atoms with Crippen molar-refractivity contribution in [1.82, 2.24) is 14.5 Å². The number of aromatic nitrogens is 3. The monoisotopic (exact) mass is 306 g/mol. The lowest BCUT2D eigenvalue weighted by Crippen LogP contribution is -2.03. The zero-order chi connectivity index (χ0) is 15.8. The standard InChI is InChI=1S/C18H18N4O/c1-23-14-8-4-5-12(9-14)15-10-22(13-6-2-3-7-13)18-16(15)17(19)20-11-21-18/h2,4-6,8-11,13H,3,7H2,1H3,(H2,19,20,21). The van der Waals surface area contributed by atoms with Crippen LogP contribution in [0.15, 0.2) is 48.9 Å². The fourth-order valence-electron chi connectivity index (χ4n) is 3.22. The van der Waals surface area contributed by atoms with E-state index in [1.165, 1.54) is 6.33 Å². The molecule has 1 atom stereocenters. The van der Waals surface area contributed by atoms with Crippen LogP contribution in [0.1, 0.15) is 18.9 Å². The normalized spacial score (nSPS) is 17.0. The zero-order valence-electron chi connectivity index (χ0n) is 12.9. The Morgan fingerprint density at radius 2 is 2.22 bits per heavy atom. The molecule has 2 aromatic heterocycles. The van der Waals surface area contributed by atoms with Crippen LogP contribution in [0.2, 0.25) is 0 Å². The molecular formula is C18H18N4O. The van der Waals surface area contributed by atoms with Gasteiger partial charge in [-0.05, 0) is 30.5 Å². The fraction of sp³-hybridized carbons (Fsp3) is 0.222. The number of rotatable bonds is 3. The number of nitrogens with two attached hydrogens (primary N) is 1. The molecule has 4 rings (SSSR count). The van der Waals surface area contributed by atoms with Crippen LogP contribution in [0, 0.1) is 0 Å². The van der Waals surface area contributed by atoms with E-state index in [2.05, 4.69) is 39.0 Å². The molecule has 0 amide bonds. The van der Waals surface area contributed by atoms with E-state index in [0.717, 1.165) is 40.8 Å². The van der Waals surface area contributed by atoms with E-state index in [0.29, 0.717) is 11.9 Å². The van der Waals surface area contributed by atoms with Gasteiger partial charge in [-0.2, -0.15) is 0 Å². The predicted octanol–water partition coefficient (Wildman–Crippen LogP) is 3.58. The third-order valence-electron chi connectivity index (χ3n) is 4.36. The Hall–Kier alpha value is -2.82. The van der Waals surface area contributed by atoms with Gasteiger partial charge in [0.1, 0.15) is 23.5 Å². The summed E-state index contributed by atoms with van der Waals surface area (Å²) in [6, 6.07) is 8.30. The number of allylic oxidation sites excluding steroid dienone is 2. The van der Waals surface area contributed by atoms with Gasteiger partial charge in [-0.15, -0.1) is 0 Å². The van der Waals surface area contributed by atoms with E-state index in [9.17, 15) is 0 Å². The molecule has 23 heavy (non-hydrogen) atoms. The molecule has 116 valence electrons. The number of anilines is 1. The minimum Gasteiger partial charge on any atom is -0.497 e. The van der Waals surface area contributed by atoms with Crippen LogP contribution in [0.3, 0.4) is 0 Å². The summed E-state index contributed by atoms with van der Waals surface area (Å²) in [5.41, 5.74) is 9.14. The second-order valence-electron chi connectivity index (χ2n) is 5.71. The smallest absolute Gasteiger partial charge is 0.146 e. The average Bonchev–Trinajstić information content (AvgIpc) is 3.23. The molecule has 1 aliphatic carbocycles. The molecule has 1 unspecified atom stereocenters. The molecule has 0 fully saturated rings. The minimum absolute atomic E-state index is 0.325. The summed E-state index contributed by atoms with van der Waals surface area (Å²) in [6.07, 6.45) is 10.3. The summed E-state index contributed by atoms with van der Waals surface area (Å²) in [5.74, 6) is 1.33. The van der Waals surface area contributed by atoms with Crippen LogP contribution in [-0.4, -0.2) is 21.6 Å². The fourth-order valence-corrected chi connectivity index (χ4v) is 3.22. The summed E-state index contributed by atoms with van der Waals surface area (Å²) in [4.78, 5) is 8.66. The third kappa shape index (κ3) is 2.25. The number of hydrogen-bond donors (Lipinski definition) is 1. The Morgan fingerprint density at radius 3 is 3.00 bits per heavy atom. The van der Waals surface area contributed by atoms with Crippen LogP contribution in [-0.2, 0) is 0 Å². The quantitative estimate of drug-likeness (QED) is 0.751. The van der Waals surface area contributed by atoms with E-state index in [4.69, 9.17) is 10.5 Å². The Morgan fingerprint density at radius 1 is 1.30 bits per heavy atom. The molecule has 0 radical (unpaired) electrons. The summed E-state index contributed by atoms with van der Waals surface area (Å²) in [7, 11) is 1.67. The van der Waals surface area contributed by atoms with Gasteiger partial charge in [0.2, 0.25) is 0 Å². The van der Waals surface area contributed by atoms with Gasteiger partial charge >= 0.3 is 0 Å². The van der Waals surface area contributed by atoms with E-state index < -0.39 is 0 Å². The van der Waals surface area contributed by atoms with Gasteiger partial charge in [-0.25, -0.2) is 9.97 Å². The van der Waals surface area contributed by atoms with Gasteiger partial charge in [0, 0.05) is 11.8 Å². The first-order valence-electron chi connectivity index (χ1n) is 7.70. The Labute approximate surface area is 134 Å². The largest absolute Gasteiger partial charge is 0.497 e. The molecule has 0 aliphatic heterocycles. The highest BCUT2D eigenvalue weighted by Gasteiger charge is 2.20. The van der Waals surface area contributed by atoms with Crippen LogP contribution < -0.4 is 10.5 Å². The molecule has 0 bridgehead atoms. The molecule has 0 saturated heterocycles. The number of methoxy groups -OCH3 is 1. The van der Waals surface area contributed by atoms with Crippen molar-refractivity contribution in [1.29, 1.82) is 0 Å². The van der Waals surface area contributed by atoms with Crippen molar-refractivity contribution in [3.63, 3.8) is 0 Å². The van der Waals surface area contributed by atoms with Crippen molar-refractivity contribution in [3.05, 3.63) is 48.9 Å². The summed E-state index contributed by atoms with van der Waals surface area (Å²) < 4.78 is 7.54. The number of benzene rings is 1. The Kier molecular flexibility index (Phi) is 3.26. The van der Waals surface area contributed by atoms with E-state index in [-0.39, 0.29) is 0 Å². The number of nitrogens with zero attached hydrogens (tertiary/aromatic N) is 3. The van der Waals surface area contributed by atoms with E-state index in [1.54, 1.807) is 7.11 Å². The van der Waals surface area contributed by atoms with Gasteiger partial charge < -0.3 is 15.0 Å². The SMILES string of the molecule is COc1cccc(-c2cn(C3C=CCC3)c3ncnc(N)c23)c1. The molecule has 2 heterocycles. The lowest BCUT2D eigenvalue weighted by molar-refractivity contribution is 0.415. The first kappa shape index (κ1) is 13.8. The topological polar surface area (TPSA) is 66.0 Å². The van der Waals surface area contributed by atoms with Gasteiger partial charge in [-0.1, -0.05) is 24.3 Å². The van der Waals surface area contributed by atoms with Crippen molar-refractivity contribution >= 4 is 16.9 Å². The minimum atomic E-state index is 0.325. The van der Waals surface area contributed by atoms with Gasteiger partial charge in [0.05, 0.1) is 18.5 Å². The average molecular weight is 306 g/mol.